The van der Waals surface area contributed by atoms with Crippen LogP contribution >= 0.6 is 0 Å². The van der Waals surface area contributed by atoms with E-state index in [2.05, 4.69) is 71.7 Å². The zero-order valence-electron chi connectivity index (χ0n) is 21.6. The summed E-state index contributed by atoms with van der Waals surface area (Å²) >= 11 is 0. The van der Waals surface area contributed by atoms with Gasteiger partial charge in [-0.25, -0.2) is 9.97 Å². The molecule has 0 fully saturated rings. The number of nitrogens with zero attached hydrogens (tertiary/aromatic N) is 2. The van der Waals surface area contributed by atoms with E-state index in [1.54, 1.807) is 24.4 Å². The molecule has 40 heavy (non-hydrogen) atoms. The van der Waals surface area contributed by atoms with Gasteiger partial charge in [0.2, 0.25) is 19.8 Å². The van der Waals surface area contributed by atoms with Crippen LogP contribution in [0.4, 0.5) is 0 Å². The Balaban J connectivity index is 1.57. The third-order valence-electron chi connectivity index (χ3n) is 6.73. The Morgan fingerprint density at radius 2 is 1.15 bits per heavy atom. The predicted octanol–water partition coefficient (Wildman–Crippen LogP) is 5.14. The Labute approximate surface area is 234 Å². The lowest BCUT2D eigenvalue weighted by molar-refractivity contribution is 0.411. The summed E-state index contributed by atoms with van der Waals surface area (Å²) in [7, 11) is -2.96. The quantitative estimate of drug-likeness (QED) is 0.215. The summed E-state index contributed by atoms with van der Waals surface area (Å²) in [5.41, 5.74) is 0. The number of phenolic OH excluding ortho intramolecular Hbond substituents is 1. The number of ether oxygens (including phenoxy) is 2. The van der Waals surface area contributed by atoms with Gasteiger partial charge in [-0.3, -0.25) is 0 Å². The summed E-state index contributed by atoms with van der Waals surface area (Å²) in [6, 6.07) is 47.5. The number of benzene rings is 4. The van der Waals surface area contributed by atoms with Crippen molar-refractivity contribution in [3.8, 4) is 29.0 Å². The highest BCUT2D eigenvalue weighted by molar-refractivity contribution is 7.19. The standard InChI is InChI=1S/C34H26N2O3Si/c37-30-19-7-8-20-31(30)38-26-13-11-18-29(25-26)40(27-14-3-1-4-15-27,28-16-5-2-6-17-28)34-23-12-22-33(36-34)39-32-21-9-10-24-35-32/h1-25,37H. The van der Waals surface area contributed by atoms with Gasteiger partial charge in [0.25, 0.3) is 0 Å². The number of pyridine rings is 2. The van der Waals surface area contributed by atoms with E-state index in [0.29, 0.717) is 23.3 Å². The van der Waals surface area contributed by atoms with Crippen LogP contribution in [0.15, 0.2) is 152 Å². The molecule has 2 heterocycles. The molecule has 5 nitrogen and oxygen atoms in total. The van der Waals surface area contributed by atoms with Crippen LogP contribution in [-0.2, 0) is 0 Å². The van der Waals surface area contributed by atoms with Crippen molar-refractivity contribution < 1.29 is 14.6 Å². The first-order valence-electron chi connectivity index (χ1n) is 13.0. The van der Waals surface area contributed by atoms with E-state index in [4.69, 9.17) is 14.5 Å². The van der Waals surface area contributed by atoms with Gasteiger partial charge in [0.05, 0.1) is 0 Å². The van der Waals surface area contributed by atoms with Crippen molar-refractivity contribution in [2.75, 3.05) is 0 Å². The number of hydrogen-bond acceptors (Lipinski definition) is 5. The van der Waals surface area contributed by atoms with Gasteiger partial charge in [-0.1, -0.05) is 97.1 Å². The molecule has 0 aliphatic rings. The summed E-state index contributed by atoms with van der Waals surface area (Å²) < 4.78 is 12.3. The molecule has 0 radical (unpaired) electrons. The van der Waals surface area contributed by atoms with Crippen LogP contribution in [0, 0.1) is 0 Å². The van der Waals surface area contributed by atoms with Crippen LogP contribution in [0.1, 0.15) is 0 Å². The number of aromatic hydroxyl groups is 1. The Kier molecular flexibility index (Phi) is 7.07. The molecule has 0 saturated carbocycles. The van der Waals surface area contributed by atoms with E-state index in [9.17, 15) is 5.11 Å². The van der Waals surface area contributed by atoms with Gasteiger partial charge in [0.1, 0.15) is 5.75 Å². The molecule has 1 N–H and O–H groups in total. The third-order valence-corrected chi connectivity index (χ3v) is 11.4. The largest absolute Gasteiger partial charge is 0.504 e. The van der Waals surface area contributed by atoms with Crippen molar-refractivity contribution in [2.45, 2.75) is 0 Å². The average Bonchev–Trinajstić information content (AvgIpc) is 3.01. The zero-order valence-corrected chi connectivity index (χ0v) is 22.6. The van der Waals surface area contributed by atoms with Crippen LogP contribution in [-0.4, -0.2) is 23.1 Å². The van der Waals surface area contributed by atoms with Gasteiger partial charge in [-0.05, 0) is 52.0 Å². The minimum Gasteiger partial charge on any atom is -0.504 e. The minimum atomic E-state index is -2.96. The maximum absolute atomic E-state index is 10.3. The maximum atomic E-state index is 10.3. The van der Waals surface area contributed by atoms with Crippen molar-refractivity contribution in [3.05, 3.63) is 152 Å². The van der Waals surface area contributed by atoms with Crippen molar-refractivity contribution in [1.82, 2.24) is 9.97 Å². The lowest BCUT2D eigenvalue weighted by atomic mass is 10.3. The average molecular weight is 539 g/mol. The van der Waals surface area contributed by atoms with E-state index in [0.717, 1.165) is 10.5 Å². The maximum Gasteiger partial charge on any atom is 0.221 e. The molecule has 0 atom stereocenters. The molecule has 6 aromatic rings. The number of phenols is 1. The Morgan fingerprint density at radius 1 is 0.525 bits per heavy atom. The van der Waals surface area contributed by atoms with Crippen molar-refractivity contribution >= 4 is 29.0 Å². The highest BCUT2D eigenvalue weighted by Crippen LogP contribution is 2.29. The third kappa shape index (κ3) is 4.96. The van der Waals surface area contributed by atoms with E-state index in [1.807, 2.05) is 60.7 Å². The normalized spacial score (nSPS) is 11.1. The van der Waals surface area contributed by atoms with Crippen molar-refractivity contribution in [2.24, 2.45) is 0 Å². The number of hydrogen-bond donors (Lipinski definition) is 1. The van der Waals surface area contributed by atoms with Gasteiger partial charge < -0.3 is 14.6 Å². The van der Waals surface area contributed by atoms with E-state index >= 15 is 0 Å². The first kappa shape index (κ1) is 25.1. The number of rotatable bonds is 8. The second-order valence-electron chi connectivity index (χ2n) is 9.21. The summed E-state index contributed by atoms with van der Waals surface area (Å²) in [6.07, 6.45) is 1.70. The molecule has 2 aromatic heterocycles. The second-order valence-corrected chi connectivity index (χ2v) is 13.0. The molecule has 6 heteroatoms. The number of para-hydroxylation sites is 2. The fourth-order valence-electron chi connectivity index (χ4n) is 4.98. The van der Waals surface area contributed by atoms with Crippen LogP contribution in [0.3, 0.4) is 0 Å². The highest BCUT2D eigenvalue weighted by Gasteiger charge is 2.43. The molecule has 0 saturated heterocycles. The minimum absolute atomic E-state index is 0.0866. The zero-order chi connectivity index (χ0) is 27.2. The van der Waals surface area contributed by atoms with Crippen LogP contribution in [0.5, 0.6) is 29.0 Å². The fourth-order valence-corrected chi connectivity index (χ4v) is 9.58. The van der Waals surface area contributed by atoms with Gasteiger partial charge in [-0.15, -0.1) is 0 Å². The van der Waals surface area contributed by atoms with E-state index in [-0.39, 0.29) is 5.75 Å². The molecule has 0 unspecified atom stereocenters. The molecule has 194 valence electrons. The van der Waals surface area contributed by atoms with Crippen LogP contribution < -0.4 is 30.4 Å². The van der Waals surface area contributed by atoms with Gasteiger partial charge in [0, 0.05) is 23.6 Å². The van der Waals surface area contributed by atoms with Gasteiger partial charge in [-0.2, -0.15) is 0 Å². The molecule has 0 spiro atoms. The lowest BCUT2D eigenvalue weighted by Gasteiger charge is -2.33. The van der Waals surface area contributed by atoms with Crippen LogP contribution in [0.2, 0.25) is 0 Å². The van der Waals surface area contributed by atoms with Gasteiger partial charge in [0.15, 0.2) is 11.5 Å². The SMILES string of the molecule is Oc1ccccc1Oc1cccc([Si](c2ccccc2)(c2ccccc2)c2cccc(Oc3ccccn3)n2)c1. The smallest absolute Gasteiger partial charge is 0.221 e. The molecule has 0 aliphatic heterocycles. The number of aromatic nitrogens is 2. The molecule has 6 rings (SSSR count). The highest BCUT2D eigenvalue weighted by atomic mass is 28.3. The summed E-state index contributed by atoms with van der Waals surface area (Å²) in [5.74, 6) is 2.07. The Hall–Kier alpha value is -5.20. The predicted molar refractivity (Wildman–Crippen MR) is 160 cm³/mol. The monoisotopic (exact) mass is 538 g/mol. The second kappa shape index (κ2) is 11.3. The molecular formula is C34H26N2O3Si. The van der Waals surface area contributed by atoms with Crippen molar-refractivity contribution in [1.29, 1.82) is 0 Å². The molecule has 0 amide bonds. The summed E-state index contributed by atoms with van der Waals surface area (Å²) in [4.78, 5) is 9.43. The molecule has 0 bridgehead atoms. The van der Waals surface area contributed by atoms with Gasteiger partial charge >= 0.3 is 0 Å². The topological polar surface area (TPSA) is 64.5 Å². The fraction of sp³-hybridized carbons (Fsp3) is 0. The molecular weight excluding hydrogens is 512 g/mol. The summed E-state index contributed by atoms with van der Waals surface area (Å²) in [6.45, 7) is 0. The van der Waals surface area contributed by atoms with E-state index in [1.165, 1.54) is 10.4 Å². The van der Waals surface area contributed by atoms with Crippen molar-refractivity contribution in [3.63, 3.8) is 0 Å². The lowest BCUT2D eigenvalue weighted by Crippen LogP contribution is -2.75. The van der Waals surface area contributed by atoms with E-state index < -0.39 is 8.07 Å². The first-order chi connectivity index (χ1) is 19.7. The first-order valence-corrected chi connectivity index (χ1v) is 15.0. The van der Waals surface area contributed by atoms with Crippen LogP contribution in [0.25, 0.3) is 0 Å². The Bertz CT molecular complexity index is 1670. The molecule has 4 aromatic carbocycles. The summed E-state index contributed by atoms with van der Waals surface area (Å²) in [5, 5.41) is 14.7. The molecule has 0 aliphatic carbocycles. The Morgan fingerprint density at radius 3 is 1.85 bits per heavy atom.